The van der Waals surface area contributed by atoms with Gasteiger partial charge >= 0.3 is 12.1 Å². The van der Waals surface area contributed by atoms with Gasteiger partial charge < -0.3 is 19.5 Å². The number of nitrogens with one attached hydrogen (secondary N) is 1. The number of hydrogen-bond donors (Lipinski definition) is 1. The number of anilines is 1. The number of carbonyl (C=O) groups excluding carboxylic acids is 2. The maximum atomic E-state index is 15.3. The van der Waals surface area contributed by atoms with Crippen molar-refractivity contribution in [2.45, 2.75) is 38.6 Å². The van der Waals surface area contributed by atoms with Gasteiger partial charge in [-0.2, -0.15) is 0 Å². The molecular weight excluding hydrogens is 505 g/mol. The highest BCUT2D eigenvalue weighted by atomic mass is 79.9. The van der Waals surface area contributed by atoms with Gasteiger partial charge in [0.2, 0.25) is 6.79 Å². The zero-order chi connectivity index (χ0) is 22.7. The second-order valence-electron chi connectivity index (χ2n) is 7.76. The third-order valence-corrected chi connectivity index (χ3v) is 7.24. The van der Waals surface area contributed by atoms with E-state index in [9.17, 15) is 9.59 Å². The molecule has 2 aromatic heterocycles. The van der Waals surface area contributed by atoms with Crippen LogP contribution in [0.15, 0.2) is 22.2 Å². The van der Waals surface area contributed by atoms with Crippen LogP contribution in [0.25, 0.3) is 10.6 Å². The minimum Gasteiger partial charge on any atom is -0.435 e. The van der Waals surface area contributed by atoms with Gasteiger partial charge in [-0.25, -0.2) is 19.2 Å². The highest BCUT2D eigenvalue weighted by Crippen LogP contribution is 2.47. The summed E-state index contributed by atoms with van der Waals surface area (Å²) < 4.78 is 30.2. The first-order valence-electron chi connectivity index (χ1n) is 10.5. The smallest absolute Gasteiger partial charge is 0.435 e. The molecule has 8 nitrogen and oxygen atoms in total. The van der Waals surface area contributed by atoms with E-state index < -0.39 is 30.7 Å². The first-order chi connectivity index (χ1) is 15.5. The van der Waals surface area contributed by atoms with Crippen LogP contribution in [0.1, 0.15) is 32.6 Å². The highest BCUT2D eigenvalue weighted by molar-refractivity contribution is 9.10. The third-order valence-electron chi connectivity index (χ3n) is 6.01. The SMILES string of the molecule is CCOC(=O)OCOC(=O)[C@@H]1C2CCC(CC2)[C@H]1Nc1nc(Br)nc(-c2cccs2)c1F. The number of rotatable bonds is 7. The fourth-order valence-corrected chi connectivity index (χ4v) is 5.70. The Morgan fingerprint density at radius 1 is 1.19 bits per heavy atom. The summed E-state index contributed by atoms with van der Waals surface area (Å²) in [4.78, 5) is 33.3. The van der Waals surface area contributed by atoms with Crippen LogP contribution < -0.4 is 5.32 Å². The lowest BCUT2D eigenvalue weighted by molar-refractivity contribution is -0.164. The Balaban J connectivity index is 1.52. The predicted molar refractivity (Wildman–Crippen MR) is 118 cm³/mol. The van der Waals surface area contributed by atoms with Crippen LogP contribution in [0, 0.1) is 23.6 Å². The van der Waals surface area contributed by atoms with Gasteiger partial charge in [-0.05, 0) is 71.8 Å². The molecule has 11 heteroatoms. The summed E-state index contributed by atoms with van der Waals surface area (Å²) in [5.41, 5.74) is 0.201. The maximum absolute atomic E-state index is 15.3. The molecule has 2 aromatic rings. The molecule has 3 fully saturated rings. The van der Waals surface area contributed by atoms with Crippen molar-refractivity contribution in [1.82, 2.24) is 9.97 Å². The molecule has 1 N–H and O–H groups in total. The molecule has 32 heavy (non-hydrogen) atoms. The van der Waals surface area contributed by atoms with Gasteiger partial charge in [0, 0.05) is 6.04 Å². The Hall–Kier alpha value is -2.27. The minimum absolute atomic E-state index is 0.0494. The van der Waals surface area contributed by atoms with E-state index in [2.05, 4.69) is 36.0 Å². The number of carbonyl (C=O) groups is 2. The number of hydrogen-bond acceptors (Lipinski definition) is 9. The van der Waals surface area contributed by atoms with Crippen LogP contribution in [0.3, 0.4) is 0 Å². The van der Waals surface area contributed by atoms with Crippen LogP contribution in [0.5, 0.6) is 0 Å². The van der Waals surface area contributed by atoms with E-state index in [1.807, 2.05) is 11.4 Å². The molecule has 3 aliphatic rings. The number of halogens is 2. The molecule has 3 aliphatic carbocycles. The van der Waals surface area contributed by atoms with Gasteiger partial charge in [0.1, 0.15) is 5.69 Å². The van der Waals surface area contributed by atoms with Gasteiger partial charge in [-0.1, -0.05) is 6.07 Å². The van der Waals surface area contributed by atoms with E-state index in [0.717, 1.165) is 25.7 Å². The Morgan fingerprint density at radius 3 is 2.62 bits per heavy atom. The summed E-state index contributed by atoms with van der Waals surface area (Å²) in [7, 11) is 0. The molecule has 5 rings (SSSR count). The van der Waals surface area contributed by atoms with Crippen LogP contribution in [-0.4, -0.2) is 41.5 Å². The first kappa shape index (κ1) is 22.9. The zero-order valence-corrected chi connectivity index (χ0v) is 19.8. The summed E-state index contributed by atoms with van der Waals surface area (Å²) in [6.07, 6.45) is 2.79. The Labute approximate surface area is 197 Å². The summed E-state index contributed by atoms with van der Waals surface area (Å²) in [5, 5.41) is 5.04. The molecule has 0 amide bonds. The molecule has 172 valence electrons. The molecule has 2 heterocycles. The maximum Gasteiger partial charge on any atom is 0.511 e. The Kier molecular flexibility index (Phi) is 7.24. The molecule has 3 saturated carbocycles. The predicted octanol–water partition coefficient (Wildman–Crippen LogP) is 5.00. The second kappa shape index (κ2) is 10.1. The fourth-order valence-electron chi connectivity index (χ4n) is 4.64. The zero-order valence-electron chi connectivity index (χ0n) is 17.4. The molecule has 0 aromatic carbocycles. The van der Waals surface area contributed by atoms with E-state index in [-0.39, 0.29) is 40.7 Å². The standard InChI is InChI=1S/C21H23BrFN3O5S/c1-2-29-21(28)31-10-30-19(27)14-11-5-7-12(8-6-11)16(14)24-18-15(23)17(25-20(22)26-18)13-4-3-9-32-13/h3-4,9,11-12,14,16H,2,5-8,10H2,1H3,(H,24,25,26)/t11?,12?,14-,16-/m1/s1. The number of esters is 1. The highest BCUT2D eigenvalue weighted by Gasteiger charge is 2.48. The van der Waals surface area contributed by atoms with Crippen molar-refractivity contribution in [2.24, 2.45) is 17.8 Å². The van der Waals surface area contributed by atoms with E-state index >= 15 is 4.39 Å². The monoisotopic (exact) mass is 527 g/mol. The van der Waals surface area contributed by atoms with E-state index in [4.69, 9.17) is 9.47 Å². The van der Waals surface area contributed by atoms with Crippen LogP contribution in [0.4, 0.5) is 15.0 Å². The summed E-state index contributed by atoms with van der Waals surface area (Å²) in [6.45, 7) is 1.30. The second-order valence-corrected chi connectivity index (χ2v) is 9.42. The van der Waals surface area contributed by atoms with Crippen molar-refractivity contribution < 1.29 is 28.2 Å². The molecule has 0 radical (unpaired) electrons. The Morgan fingerprint density at radius 2 is 1.94 bits per heavy atom. The number of aromatic nitrogens is 2. The average Bonchev–Trinajstić information content (AvgIpc) is 3.31. The Bertz CT molecular complexity index is 969. The lowest BCUT2D eigenvalue weighted by Gasteiger charge is -2.47. The van der Waals surface area contributed by atoms with Gasteiger partial charge in [-0.3, -0.25) is 4.79 Å². The molecule has 2 bridgehead atoms. The molecule has 0 unspecified atom stereocenters. The molecular formula is C21H23BrFN3O5S. The topological polar surface area (TPSA) is 99.6 Å². The van der Waals surface area contributed by atoms with E-state index in [0.29, 0.717) is 4.88 Å². The van der Waals surface area contributed by atoms with E-state index in [1.165, 1.54) is 11.3 Å². The van der Waals surface area contributed by atoms with Crippen molar-refractivity contribution >= 4 is 45.2 Å². The first-order valence-corrected chi connectivity index (χ1v) is 12.1. The minimum atomic E-state index is -0.894. The summed E-state index contributed by atoms with van der Waals surface area (Å²) in [6, 6.07) is 3.27. The molecule has 0 saturated heterocycles. The van der Waals surface area contributed by atoms with Crippen LogP contribution in [0.2, 0.25) is 0 Å². The lowest BCUT2D eigenvalue weighted by atomic mass is 9.61. The quantitative estimate of drug-likeness (QED) is 0.305. The van der Waals surface area contributed by atoms with Crippen molar-refractivity contribution in [1.29, 1.82) is 0 Å². The largest absolute Gasteiger partial charge is 0.511 e. The van der Waals surface area contributed by atoms with Gasteiger partial charge in [0.15, 0.2) is 16.4 Å². The molecule has 0 aliphatic heterocycles. The van der Waals surface area contributed by atoms with Crippen molar-refractivity contribution in [3.63, 3.8) is 0 Å². The van der Waals surface area contributed by atoms with Crippen molar-refractivity contribution in [3.8, 4) is 10.6 Å². The number of nitrogens with zero attached hydrogens (tertiary/aromatic N) is 2. The van der Waals surface area contributed by atoms with Crippen LogP contribution in [-0.2, 0) is 19.0 Å². The van der Waals surface area contributed by atoms with Crippen LogP contribution >= 0.6 is 27.3 Å². The van der Waals surface area contributed by atoms with E-state index in [1.54, 1.807) is 13.0 Å². The lowest BCUT2D eigenvalue weighted by Crippen LogP contribution is -2.52. The normalized spacial score (nSPS) is 24.1. The van der Waals surface area contributed by atoms with Crippen molar-refractivity contribution in [3.05, 3.63) is 28.1 Å². The van der Waals surface area contributed by atoms with Gasteiger partial charge in [0.05, 0.1) is 17.4 Å². The third kappa shape index (κ3) is 4.88. The number of thiophene rings is 1. The molecule has 2 atom stereocenters. The van der Waals surface area contributed by atoms with Crippen molar-refractivity contribution in [2.75, 3.05) is 18.7 Å². The van der Waals surface area contributed by atoms with Gasteiger partial charge in [0.25, 0.3) is 0 Å². The summed E-state index contributed by atoms with van der Waals surface area (Å²) >= 11 is 4.65. The number of ether oxygens (including phenoxy) is 3. The fraction of sp³-hybridized carbons (Fsp3) is 0.524. The molecule has 0 spiro atoms. The van der Waals surface area contributed by atoms with Gasteiger partial charge in [-0.15, -0.1) is 11.3 Å². The average molecular weight is 528 g/mol. The number of fused-ring (bicyclic) bond motifs is 3. The summed E-state index contributed by atoms with van der Waals surface area (Å²) in [5.74, 6) is -1.19.